The molecule has 12 aromatic rings. The molecular formula is C70H47N3O2. The maximum absolute atomic E-state index is 6.50. The van der Waals surface area contributed by atoms with Crippen LogP contribution in [-0.2, 0) is 0 Å². The Labute approximate surface area is 434 Å². The third kappa shape index (κ3) is 7.08. The number of para-hydroxylation sites is 3. The van der Waals surface area contributed by atoms with Crippen molar-refractivity contribution in [1.29, 1.82) is 0 Å². The minimum Gasteiger partial charge on any atom is -0.456 e. The van der Waals surface area contributed by atoms with Gasteiger partial charge in [0.05, 0.1) is 17.1 Å². The summed E-state index contributed by atoms with van der Waals surface area (Å²) in [6, 6.07) is 80.5. The van der Waals surface area contributed by atoms with Crippen LogP contribution in [0.4, 0.5) is 45.5 Å². The van der Waals surface area contributed by atoms with Gasteiger partial charge in [-0.15, -0.1) is 0 Å². The van der Waals surface area contributed by atoms with Gasteiger partial charge in [-0.2, -0.15) is 0 Å². The van der Waals surface area contributed by atoms with Crippen LogP contribution in [0, 0.1) is 0 Å². The van der Waals surface area contributed by atoms with Crippen LogP contribution in [-0.4, -0.2) is 0 Å². The van der Waals surface area contributed by atoms with Crippen LogP contribution in [0.2, 0.25) is 0 Å². The minimum absolute atomic E-state index is 0.852. The second-order valence-electron chi connectivity index (χ2n) is 19.7. The predicted octanol–water partition coefficient (Wildman–Crippen LogP) is 19.9. The molecule has 2 aliphatic heterocycles. The van der Waals surface area contributed by atoms with Crippen molar-refractivity contribution in [1.82, 2.24) is 0 Å². The van der Waals surface area contributed by atoms with E-state index in [0.29, 0.717) is 0 Å². The Bertz CT molecular complexity index is 4420. The summed E-state index contributed by atoms with van der Waals surface area (Å²) >= 11 is 0. The van der Waals surface area contributed by atoms with E-state index in [2.05, 4.69) is 239 Å². The van der Waals surface area contributed by atoms with Gasteiger partial charge in [0.1, 0.15) is 22.3 Å². The standard InChI is InChI=1S/C70H47N3O2/c1-45-57-24-8-11-27-64(57)73-65(61-36-33-55(43-66(61)73)71(51-22-14-20-48(38-51)46-16-4-2-5-17-46)54-34-37-69-63(42-54)59-26-10-13-29-68(59)74-69)40-50-30-31-53(41-62(45)50)72(52-23-15-21-49(39-52)47-18-6-3-7-19-47)56-32-35-60-58-25-9-12-28-67(58)75-70(60)44-56/h2,4-6,8-44H,1,3,7H2/b65-40-. The number of allylic oxidation sites excluding steroid dienone is 4. The molecule has 0 saturated heterocycles. The molecule has 0 N–H and O–H groups in total. The highest BCUT2D eigenvalue weighted by Crippen LogP contribution is 2.55. The number of furan rings is 2. The van der Waals surface area contributed by atoms with Gasteiger partial charge in [0.15, 0.2) is 0 Å². The average Bonchev–Trinajstić information content (AvgIpc) is 4.04. The first-order valence-corrected chi connectivity index (χ1v) is 25.7. The van der Waals surface area contributed by atoms with E-state index in [1.54, 1.807) is 0 Å². The molecule has 0 fully saturated rings. The lowest BCUT2D eigenvalue weighted by molar-refractivity contribution is 0.668. The summed E-state index contributed by atoms with van der Waals surface area (Å²) < 4.78 is 12.8. The monoisotopic (exact) mass is 961 g/mol. The SMILES string of the molecule is C=C1c2cc(N(c3cccc(C4=CCCC=C4)c3)c3ccc4c(c3)oc3ccccc34)ccc2/C=C2/c3ccc(N(c4cccc(-c5ccccc5)c4)c4ccc5oc6ccccc6c5c4)cc3N2c2ccccc21. The van der Waals surface area contributed by atoms with E-state index < -0.39 is 0 Å². The molecule has 5 heteroatoms. The van der Waals surface area contributed by atoms with Crippen molar-refractivity contribution in [3.63, 3.8) is 0 Å². The van der Waals surface area contributed by atoms with Gasteiger partial charge in [0, 0.05) is 72.9 Å². The molecule has 10 aromatic carbocycles. The molecule has 15 rings (SSSR count). The average molecular weight is 962 g/mol. The molecule has 0 amide bonds. The van der Waals surface area contributed by atoms with E-state index in [0.717, 1.165) is 136 Å². The van der Waals surface area contributed by atoms with E-state index in [1.807, 2.05) is 24.3 Å². The number of nitrogens with zero attached hydrogens (tertiary/aromatic N) is 3. The summed E-state index contributed by atoms with van der Waals surface area (Å²) in [5.74, 6) is 0. The van der Waals surface area contributed by atoms with Gasteiger partial charge in [0.25, 0.3) is 0 Å². The Morgan fingerprint density at radius 1 is 0.387 bits per heavy atom. The number of hydrogen-bond acceptors (Lipinski definition) is 5. The fraction of sp³-hybridized carbons (Fsp3) is 0.0286. The fourth-order valence-corrected chi connectivity index (χ4v) is 11.7. The molecule has 3 aliphatic rings. The summed E-state index contributed by atoms with van der Waals surface area (Å²) in [6.07, 6.45) is 11.3. The van der Waals surface area contributed by atoms with Crippen LogP contribution in [0.15, 0.2) is 258 Å². The van der Waals surface area contributed by atoms with Gasteiger partial charge in [0.2, 0.25) is 0 Å². The van der Waals surface area contributed by atoms with Crippen molar-refractivity contribution in [3.8, 4) is 11.1 Å². The normalized spacial score (nSPS) is 14.3. The number of benzene rings is 10. The van der Waals surface area contributed by atoms with E-state index >= 15 is 0 Å². The molecule has 354 valence electrons. The first-order chi connectivity index (χ1) is 37.1. The summed E-state index contributed by atoms with van der Waals surface area (Å²) in [7, 11) is 0. The maximum Gasteiger partial charge on any atom is 0.137 e. The molecular weight excluding hydrogens is 915 g/mol. The van der Waals surface area contributed by atoms with Gasteiger partial charge in [-0.05, 0) is 161 Å². The Balaban J connectivity index is 0.870. The van der Waals surface area contributed by atoms with Crippen LogP contribution >= 0.6 is 0 Å². The van der Waals surface area contributed by atoms with Crippen molar-refractivity contribution in [2.24, 2.45) is 0 Å². The second kappa shape index (κ2) is 17.2. The zero-order chi connectivity index (χ0) is 49.6. The highest BCUT2D eigenvalue weighted by atomic mass is 16.3. The molecule has 75 heavy (non-hydrogen) atoms. The zero-order valence-corrected chi connectivity index (χ0v) is 41.0. The van der Waals surface area contributed by atoms with Gasteiger partial charge in [-0.25, -0.2) is 0 Å². The van der Waals surface area contributed by atoms with Crippen LogP contribution in [0.25, 0.3) is 77.9 Å². The van der Waals surface area contributed by atoms with Crippen LogP contribution in [0.1, 0.15) is 40.7 Å². The molecule has 2 aromatic heterocycles. The summed E-state index contributed by atoms with van der Waals surface area (Å²) in [6.45, 7) is 4.90. The molecule has 0 bridgehead atoms. The third-order valence-corrected chi connectivity index (χ3v) is 15.3. The van der Waals surface area contributed by atoms with Crippen molar-refractivity contribution in [2.75, 3.05) is 14.7 Å². The predicted molar refractivity (Wildman–Crippen MR) is 313 cm³/mol. The van der Waals surface area contributed by atoms with Crippen molar-refractivity contribution in [3.05, 3.63) is 277 Å². The Morgan fingerprint density at radius 3 is 1.80 bits per heavy atom. The highest BCUT2D eigenvalue weighted by Gasteiger charge is 2.35. The summed E-state index contributed by atoms with van der Waals surface area (Å²) in [5.41, 5.74) is 23.3. The Morgan fingerprint density at radius 2 is 0.987 bits per heavy atom. The van der Waals surface area contributed by atoms with Crippen LogP contribution < -0.4 is 14.7 Å². The highest BCUT2D eigenvalue weighted by molar-refractivity contribution is 6.14. The van der Waals surface area contributed by atoms with Crippen molar-refractivity contribution >= 4 is 112 Å². The summed E-state index contributed by atoms with van der Waals surface area (Å²) in [4.78, 5) is 7.14. The lowest BCUT2D eigenvalue weighted by atomic mass is 9.86. The fourth-order valence-electron chi connectivity index (χ4n) is 11.7. The number of hydrogen-bond donors (Lipinski definition) is 0. The van der Waals surface area contributed by atoms with Gasteiger partial charge >= 0.3 is 0 Å². The molecule has 0 radical (unpaired) electrons. The summed E-state index contributed by atoms with van der Waals surface area (Å²) in [5, 5.41) is 4.39. The number of rotatable bonds is 8. The number of anilines is 8. The van der Waals surface area contributed by atoms with Crippen LogP contribution in [0.5, 0.6) is 0 Å². The maximum atomic E-state index is 6.50. The molecule has 1 aliphatic carbocycles. The molecule has 4 heterocycles. The molecule has 0 saturated carbocycles. The smallest absolute Gasteiger partial charge is 0.137 e. The van der Waals surface area contributed by atoms with Crippen molar-refractivity contribution < 1.29 is 8.83 Å². The Hall–Kier alpha value is -9.84. The van der Waals surface area contributed by atoms with E-state index in [-0.39, 0.29) is 0 Å². The first kappa shape index (κ1) is 42.8. The van der Waals surface area contributed by atoms with Crippen molar-refractivity contribution in [2.45, 2.75) is 12.8 Å². The van der Waals surface area contributed by atoms with E-state index in [9.17, 15) is 0 Å². The molecule has 5 nitrogen and oxygen atoms in total. The van der Waals surface area contributed by atoms with E-state index in [1.165, 1.54) is 22.3 Å². The lowest BCUT2D eigenvalue weighted by Crippen LogP contribution is -2.28. The minimum atomic E-state index is 0.852. The lowest BCUT2D eigenvalue weighted by Gasteiger charge is -2.42. The van der Waals surface area contributed by atoms with Gasteiger partial charge in [-0.1, -0.05) is 140 Å². The molecule has 0 spiro atoms. The first-order valence-electron chi connectivity index (χ1n) is 25.7. The largest absolute Gasteiger partial charge is 0.456 e. The topological polar surface area (TPSA) is 36.0 Å². The quantitative estimate of drug-likeness (QED) is 0.152. The molecule has 0 atom stereocenters. The van der Waals surface area contributed by atoms with Crippen LogP contribution in [0.3, 0.4) is 0 Å². The van der Waals surface area contributed by atoms with Gasteiger partial charge < -0.3 is 23.5 Å². The zero-order valence-electron chi connectivity index (χ0n) is 41.0. The number of fused-ring (bicyclic) bond motifs is 13. The Kier molecular flexibility index (Phi) is 9.79. The van der Waals surface area contributed by atoms with E-state index in [4.69, 9.17) is 15.4 Å². The van der Waals surface area contributed by atoms with Gasteiger partial charge in [-0.3, -0.25) is 0 Å². The molecule has 0 unspecified atom stereocenters. The second-order valence-corrected chi connectivity index (χ2v) is 19.7. The third-order valence-electron chi connectivity index (χ3n) is 15.3.